The summed E-state index contributed by atoms with van der Waals surface area (Å²) in [6, 6.07) is 21.1. The highest BCUT2D eigenvalue weighted by Gasteiger charge is 2.05. The smallest absolute Gasteiger partial charge is 0.373 e. The zero-order valence-electron chi connectivity index (χ0n) is 12.5. The fraction of sp³-hybridized carbons (Fsp3) is 0.105. The summed E-state index contributed by atoms with van der Waals surface area (Å²) in [7, 11) is 1.69. The lowest BCUT2D eigenvalue weighted by atomic mass is 9.95. The first-order valence-corrected chi connectivity index (χ1v) is 6.83. The van der Waals surface area contributed by atoms with Crippen molar-refractivity contribution in [3.05, 3.63) is 66.2 Å². The maximum Gasteiger partial charge on any atom is 0.373 e. The molecule has 0 spiro atoms. The van der Waals surface area contributed by atoms with Crippen LogP contribution in [0.1, 0.15) is 5.56 Å². The minimum absolute atomic E-state index is 0.250. The number of carbonyl (C=O) groups excluding carboxylic acids is 2. The quantitative estimate of drug-likeness (QED) is 0.709. The molecular formula is C19H16O3. The summed E-state index contributed by atoms with van der Waals surface area (Å²) in [5, 5.41) is 2.60. The molecule has 3 heteroatoms. The molecule has 0 bridgehead atoms. The second-order valence-corrected chi connectivity index (χ2v) is 4.77. The topological polar surface area (TPSA) is 43.4 Å². The summed E-state index contributed by atoms with van der Waals surface area (Å²) >= 11 is 0. The molecular weight excluding hydrogens is 276 g/mol. The van der Waals surface area contributed by atoms with Crippen LogP contribution in [0.4, 0.5) is 0 Å². The summed E-state index contributed by atoms with van der Waals surface area (Å²) in [4.78, 5) is 16.2. The third kappa shape index (κ3) is 3.22. The highest BCUT2D eigenvalue weighted by Crippen LogP contribution is 2.30. The lowest BCUT2D eigenvalue weighted by molar-refractivity contribution is -0.191. The molecule has 22 heavy (non-hydrogen) atoms. The van der Waals surface area contributed by atoms with Crippen LogP contribution in [0, 0.1) is 6.92 Å². The molecule has 3 aromatic rings. The molecule has 0 aromatic heterocycles. The van der Waals surface area contributed by atoms with Gasteiger partial charge in [-0.15, -0.1) is 0 Å². The second-order valence-electron chi connectivity index (χ2n) is 4.77. The normalized spacial score (nSPS) is 9.55. The SMILES string of the molecule is COc1ccc(-c2ccc3ccccc3c2C)cc1.O=C=O. The average Bonchev–Trinajstić information content (AvgIpc) is 2.56. The van der Waals surface area contributed by atoms with Gasteiger partial charge < -0.3 is 4.74 Å². The molecule has 0 heterocycles. The van der Waals surface area contributed by atoms with E-state index in [1.54, 1.807) is 7.11 Å². The van der Waals surface area contributed by atoms with Crippen LogP contribution in [0.5, 0.6) is 5.75 Å². The Labute approximate surface area is 129 Å². The van der Waals surface area contributed by atoms with Gasteiger partial charge in [0.25, 0.3) is 0 Å². The van der Waals surface area contributed by atoms with E-state index in [4.69, 9.17) is 14.3 Å². The Morgan fingerprint density at radius 3 is 2.14 bits per heavy atom. The van der Waals surface area contributed by atoms with E-state index in [0.717, 1.165) is 5.75 Å². The average molecular weight is 292 g/mol. The number of ether oxygens (including phenoxy) is 1. The predicted octanol–water partition coefficient (Wildman–Crippen LogP) is 4.24. The van der Waals surface area contributed by atoms with Gasteiger partial charge in [-0.3, -0.25) is 0 Å². The van der Waals surface area contributed by atoms with Crippen LogP contribution in [0.2, 0.25) is 0 Å². The van der Waals surface area contributed by atoms with Crippen molar-refractivity contribution in [3.63, 3.8) is 0 Å². The summed E-state index contributed by atoms with van der Waals surface area (Å²) in [5.41, 5.74) is 3.83. The van der Waals surface area contributed by atoms with Crippen LogP contribution in [-0.4, -0.2) is 13.3 Å². The molecule has 0 fully saturated rings. The van der Waals surface area contributed by atoms with E-state index >= 15 is 0 Å². The van der Waals surface area contributed by atoms with E-state index in [1.807, 2.05) is 12.1 Å². The van der Waals surface area contributed by atoms with Crippen LogP contribution in [0.3, 0.4) is 0 Å². The fourth-order valence-corrected chi connectivity index (χ4v) is 2.51. The van der Waals surface area contributed by atoms with Crippen molar-refractivity contribution < 1.29 is 14.3 Å². The van der Waals surface area contributed by atoms with Crippen LogP contribution in [0.15, 0.2) is 60.7 Å². The molecule has 0 aliphatic heterocycles. The Balaban J connectivity index is 0.000000545. The Bertz CT molecular complexity index is 799. The van der Waals surface area contributed by atoms with Crippen LogP contribution < -0.4 is 4.74 Å². The Hall–Kier alpha value is -2.90. The third-order valence-electron chi connectivity index (χ3n) is 3.60. The molecule has 0 saturated heterocycles. The van der Waals surface area contributed by atoms with Crippen molar-refractivity contribution >= 4 is 16.9 Å². The molecule has 0 radical (unpaired) electrons. The molecule has 3 aromatic carbocycles. The zero-order chi connectivity index (χ0) is 15.9. The lowest BCUT2D eigenvalue weighted by Gasteiger charge is -2.10. The molecule has 3 rings (SSSR count). The first kappa shape index (κ1) is 15.5. The number of fused-ring (bicyclic) bond motifs is 1. The van der Waals surface area contributed by atoms with Crippen molar-refractivity contribution in [2.45, 2.75) is 6.92 Å². The van der Waals surface area contributed by atoms with E-state index in [2.05, 4.69) is 55.5 Å². The molecule has 0 saturated carbocycles. The van der Waals surface area contributed by atoms with E-state index < -0.39 is 0 Å². The second kappa shape index (κ2) is 7.21. The molecule has 0 atom stereocenters. The van der Waals surface area contributed by atoms with Gasteiger partial charge >= 0.3 is 6.15 Å². The van der Waals surface area contributed by atoms with Crippen LogP contribution in [0.25, 0.3) is 21.9 Å². The first-order chi connectivity index (χ1) is 10.7. The van der Waals surface area contributed by atoms with Crippen molar-refractivity contribution in [1.29, 1.82) is 0 Å². The molecule has 3 nitrogen and oxygen atoms in total. The summed E-state index contributed by atoms with van der Waals surface area (Å²) < 4.78 is 5.21. The molecule has 110 valence electrons. The molecule has 0 amide bonds. The lowest BCUT2D eigenvalue weighted by Crippen LogP contribution is -1.87. The van der Waals surface area contributed by atoms with Gasteiger partial charge in [-0.1, -0.05) is 48.5 Å². The van der Waals surface area contributed by atoms with Gasteiger partial charge in [-0.25, -0.2) is 0 Å². The Morgan fingerprint density at radius 1 is 0.864 bits per heavy atom. The zero-order valence-corrected chi connectivity index (χ0v) is 12.5. The maximum atomic E-state index is 8.12. The number of hydrogen-bond donors (Lipinski definition) is 0. The summed E-state index contributed by atoms with van der Waals surface area (Å²) in [5.74, 6) is 0.891. The molecule has 0 aliphatic carbocycles. The largest absolute Gasteiger partial charge is 0.497 e. The van der Waals surface area contributed by atoms with Crippen molar-refractivity contribution in [2.75, 3.05) is 7.11 Å². The minimum Gasteiger partial charge on any atom is -0.497 e. The van der Waals surface area contributed by atoms with Gasteiger partial charge in [-0.05, 0) is 46.5 Å². The fourth-order valence-electron chi connectivity index (χ4n) is 2.51. The first-order valence-electron chi connectivity index (χ1n) is 6.83. The van der Waals surface area contributed by atoms with E-state index in [9.17, 15) is 0 Å². The number of rotatable bonds is 2. The standard InChI is InChI=1S/C18H16O.CO2/c1-13-17-6-4-3-5-14(17)9-12-18(13)15-7-10-16(19-2)11-8-15;2-1-3/h3-12H,1-2H3;. The monoisotopic (exact) mass is 292 g/mol. The molecule has 0 unspecified atom stereocenters. The van der Waals surface area contributed by atoms with Gasteiger partial charge in [0, 0.05) is 0 Å². The van der Waals surface area contributed by atoms with Crippen molar-refractivity contribution in [1.82, 2.24) is 0 Å². The van der Waals surface area contributed by atoms with Crippen molar-refractivity contribution in [3.8, 4) is 16.9 Å². The molecule has 0 N–H and O–H groups in total. The van der Waals surface area contributed by atoms with Gasteiger partial charge in [0.05, 0.1) is 7.11 Å². The highest BCUT2D eigenvalue weighted by atomic mass is 16.5. The third-order valence-corrected chi connectivity index (χ3v) is 3.60. The van der Waals surface area contributed by atoms with Gasteiger partial charge in [0.15, 0.2) is 0 Å². The minimum atomic E-state index is 0.250. The van der Waals surface area contributed by atoms with E-state index in [1.165, 1.54) is 27.5 Å². The summed E-state index contributed by atoms with van der Waals surface area (Å²) in [6.07, 6.45) is 0.250. The highest BCUT2D eigenvalue weighted by molar-refractivity contribution is 5.91. The number of methoxy groups -OCH3 is 1. The predicted molar refractivity (Wildman–Crippen MR) is 85.7 cm³/mol. The number of hydrogen-bond acceptors (Lipinski definition) is 3. The van der Waals surface area contributed by atoms with Gasteiger partial charge in [0.1, 0.15) is 5.75 Å². The van der Waals surface area contributed by atoms with Crippen LogP contribution >= 0.6 is 0 Å². The summed E-state index contributed by atoms with van der Waals surface area (Å²) in [6.45, 7) is 2.18. The van der Waals surface area contributed by atoms with Gasteiger partial charge in [0.2, 0.25) is 0 Å². The molecule has 0 aliphatic rings. The van der Waals surface area contributed by atoms with E-state index in [0.29, 0.717) is 0 Å². The Morgan fingerprint density at radius 2 is 1.50 bits per heavy atom. The van der Waals surface area contributed by atoms with Crippen molar-refractivity contribution in [2.24, 2.45) is 0 Å². The number of benzene rings is 3. The van der Waals surface area contributed by atoms with Gasteiger partial charge in [-0.2, -0.15) is 9.59 Å². The van der Waals surface area contributed by atoms with Crippen LogP contribution in [-0.2, 0) is 9.59 Å². The Kier molecular flexibility index (Phi) is 5.07. The maximum absolute atomic E-state index is 8.12. The number of aryl methyl sites for hydroxylation is 1. The van der Waals surface area contributed by atoms with E-state index in [-0.39, 0.29) is 6.15 Å².